The van der Waals surface area contributed by atoms with Crippen molar-refractivity contribution < 1.29 is 8.83 Å². The molecule has 0 N–H and O–H groups in total. The minimum Gasteiger partial charge on any atom is -0.454 e. The van der Waals surface area contributed by atoms with Crippen molar-refractivity contribution in [1.29, 1.82) is 0 Å². The molecule has 0 aliphatic rings. The lowest BCUT2D eigenvalue weighted by Crippen LogP contribution is -1.95. The topological polar surface area (TPSA) is 31.2 Å². The van der Waals surface area contributed by atoms with E-state index < -0.39 is 0 Å². The molecule has 160 valence electrons. The van der Waals surface area contributed by atoms with Gasteiger partial charge in [-0.25, -0.2) is 0 Å². The van der Waals surface area contributed by atoms with Gasteiger partial charge in [-0.2, -0.15) is 0 Å². The van der Waals surface area contributed by atoms with Crippen molar-refractivity contribution in [3.8, 4) is 5.69 Å². The van der Waals surface area contributed by atoms with Crippen LogP contribution in [0, 0.1) is 0 Å². The summed E-state index contributed by atoms with van der Waals surface area (Å²) in [5.74, 6) is 0. The van der Waals surface area contributed by atoms with Crippen molar-refractivity contribution in [2.75, 3.05) is 0 Å². The van der Waals surface area contributed by atoms with E-state index in [4.69, 9.17) is 8.83 Å². The predicted octanol–water partition coefficient (Wildman–Crippen LogP) is 9.34. The molecule has 0 fully saturated rings. The third-order valence-corrected chi connectivity index (χ3v) is 7.30. The zero-order valence-corrected chi connectivity index (χ0v) is 19.5. The third-order valence-electron chi connectivity index (χ3n) is 6.84. The molecule has 0 saturated heterocycles. The molecule has 0 spiro atoms. The van der Waals surface area contributed by atoms with Gasteiger partial charge in [0.05, 0.1) is 16.7 Å². The van der Waals surface area contributed by atoms with Gasteiger partial charge in [-0.3, -0.25) is 0 Å². The SMILES string of the molecule is Brc1cc(-n2c3ccccc3c3ccc4c5ccccc5oc4c32)c2oc3ccccc3c2c1. The van der Waals surface area contributed by atoms with Crippen molar-refractivity contribution in [2.24, 2.45) is 0 Å². The summed E-state index contributed by atoms with van der Waals surface area (Å²) in [6.45, 7) is 0. The quantitative estimate of drug-likeness (QED) is 0.224. The Morgan fingerprint density at radius 3 is 1.94 bits per heavy atom. The Bertz CT molecular complexity index is 2090. The van der Waals surface area contributed by atoms with E-state index in [1.165, 1.54) is 5.39 Å². The smallest absolute Gasteiger partial charge is 0.160 e. The van der Waals surface area contributed by atoms with Gasteiger partial charge in [0.25, 0.3) is 0 Å². The van der Waals surface area contributed by atoms with Crippen molar-refractivity contribution >= 4 is 81.6 Å². The summed E-state index contributed by atoms with van der Waals surface area (Å²) in [4.78, 5) is 0. The second-order valence-corrected chi connectivity index (χ2v) is 9.60. The van der Waals surface area contributed by atoms with E-state index in [1.807, 2.05) is 24.3 Å². The zero-order chi connectivity index (χ0) is 22.4. The Labute approximate surface area is 201 Å². The number of halogens is 1. The maximum absolute atomic E-state index is 6.50. The van der Waals surface area contributed by atoms with Crippen molar-refractivity contribution in [1.82, 2.24) is 4.57 Å². The van der Waals surface area contributed by atoms with Crippen molar-refractivity contribution in [3.05, 3.63) is 102 Å². The van der Waals surface area contributed by atoms with E-state index in [1.54, 1.807) is 0 Å². The summed E-state index contributed by atoms with van der Waals surface area (Å²) < 4.78 is 16.3. The van der Waals surface area contributed by atoms with Crippen LogP contribution in [-0.4, -0.2) is 4.57 Å². The second kappa shape index (κ2) is 6.52. The molecule has 4 heteroatoms. The summed E-state index contributed by atoms with van der Waals surface area (Å²) in [5, 5.41) is 6.77. The van der Waals surface area contributed by atoms with E-state index in [-0.39, 0.29) is 0 Å². The second-order valence-electron chi connectivity index (χ2n) is 8.69. The van der Waals surface area contributed by atoms with Crippen LogP contribution < -0.4 is 0 Å². The summed E-state index contributed by atoms with van der Waals surface area (Å²) in [7, 11) is 0. The first-order valence-electron chi connectivity index (χ1n) is 11.2. The van der Waals surface area contributed by atoms with Crippen LogP contribution in [0.15, 0.2) is 110 Å². The molecule has 34 heavy (non-hydrogen) atoms. The van der Waals surface area contributed by atoms with Crippen LogP contribution in [0.5, 0.6) is 0 Å². The minimum absolute atomic E-state index is 0.861. The highest BCUT2D eigenvalue weighted by Crippen LogP contribution is 2.43. The molecule has 0 saturated carbocycles. The van der Waals surface area contributed by atoms with Crippen LogP contribution in [0.4, 0.5) is 0 Å². The number of hydrogen-bond acceptors (Lipinski definition) is 2. The van der Waals surface area contributed by atoms with Crippen LogP contribution in [-0.2, 0) is 0 Å². The standard InChI is InChI=1S/C30H16BrNO2/c31-17-15-23-20-9-3-6-12-27(20)33-29(23)25(16-17)32-24-10-4-1-7-18(24)21-13-14-22-19-8-2-5-11-26(19)34-30(22)28(21)32/h1-16H. The first-order chi connectivity index (χ1) is 16.8. The largest absolute Gasteiger partial charge is 0.454 e. The average molecular weight is 502 g/mol. The van der Waals surface area contributed by atoms with E-state index >= 15 is 0 Å². The lowest BCUT2D eigenvalue weighted by Gasteiger charge is -2.09. The Balaban J connectivity index is 1.64. The lowest BCUT2D eigenvalue weighted by molar-refractivity contribution is 0.664. The minimum atomic E-state index is 0.861. The summed E-state index contributed by atoms with van der Waals surface area (Å²) >= 11 is 3.77. The molecule has 3 nitrogen and oxygen atoms in total. The van der Waals surface area contributed by atoms with Crippen LogP contribution in [0.1, 0.15) is 0 Å². The maximum Gasteiger partial charge on any atom is 0.160 e. The van der Waals surface area contributed by atoms with E-state index in [2.05, 4.69) is 93.3 Å². The first kappa shape index (κ1) is 18.4. The van der Waals surface area contributed by atoms with Gasteiger partial charge in [-0.15, -0.1) is 0 Å². The molecule has 0 unspecified atom stereocenters. The normalized spacial score (nSPS) is 12.3. The molecular formula is C30H16BrNO2. The van der Waals surface area contributed by atoms with Gasteiger partial charge in [0, 0.05) is 36.8 Å². The molecule has 3 heterocycles. The Morgan fingerprint density at radius 2 is 1.15 bits per heavy atom. The molecule has 0 radical (unpaired) electrons. The fraction of sp³-hybridized carbons (Fsp3) is 0. The molecule has 8 rings (SSSR count). The van der Waals surface area contributed by atoms with E-state index in [0.717, 1.165) is 70.5 Å². The number of furan rings is 2. The molecule has 0 aliphatic heterocycles. The van der Waals surface area contributed by atoms with Gasteiger partial charge in [0.1, 0.15) is 11.2 Å². The summed E-state index contributed by atoms with van der Waals surface area (Å²) in [5.41, 5.74) is 6.68. The molecule has 0 amide bonds. The fourth-order valence-corrected chi connectivity index (χ4v) is 5.87. The maximum atomic E-state index is 6.50. The molecule has 0 atom stereocenters. The van der Waals surface area contributed by atoms with Crippen LogP contribution in [0.3, 0.4) is 0 Å². The van der Waals surface area contributed by atoms with Crippen LogP contribution in [0.2, 0.25) is 0 Å². The van der Waals surface area contributed by atoms with Gasteiger partial charge in [-0.1, -0.05) is 76.6 Å². The molecular weight excluding hydrogens is 486 g/mol. The number of fused-ring (bicyclic) bond motifs is 10. The first-order valence-corrected chi connectivity index (χ1v) is 12.0. The summed E-state index contributed by atoms with van der Waals surface area (Å²) in [6.07, 6.45) is 0. The third kappa shape index (κ3) is 2.31. The number of hydrogen-bond donors (Lipinski definition) is 0. The monoisotopic (exact) mass is 501 g/mol. The lowest BCUT2D eigenvalue weighted by atomic mass is 10.1. The van der Waals surface area contributed by atoms with E-state index in [0.29, 0.717) is 0 Å². The molecule has 0 aliphatic carbocycles. The number of nitrogens with zero attached hydrogens (tertiary/aromatic N) is 1. The van der Waals surface area contributed by atoms with Gasteiger partial charge >= 0.3 is 0 Å². The van der Waals surface area contributed by atoms with E-state index in [9.17, 15) is 0 Å². The number of benzene rings is 5. The van der Waals surface area contributed by atoms with Crippen molar-refractivity contribution in [2.45, 2.75) is 0 Å². The Morgan fingerprint density at radius 1 is 0.529 bits per heavy atom. The highest BCUT2D eigenvalue weighted by Gasteiger charge is 2.22. The van der Waals surface area contributed by atoms with Crippen molar-refractivity contribution in [3.63, 3.8) is 0 Å². The molecule has 0 bridgehead atoms. The molecule has 3 aromatic heterocycles. The molecule has 5 aromatic carbocycles. The Kier molecular flexibility index (Phi) is 3.53. The zero-order valence-electron chi connectivity index (χ0n) is 17.9. The van der Waals surface area contributed by atoms with Gasteiger partial charge < -0.3 is 13.4 Å². The van der Waals surface area contributed by atoms with Crippen LogP contribution >= 0.6 is 15.9 Å². The fourth-order valence-electron chi connectivity index (χ4n) is 5.42. The Hall–Kier alpha value is -4.02. The van der Waals surface area contributed by atoms with Gasteiger partial charge in [0.2, 0.25) is 0 Å². The number of rotatable bonds is 1. The number of para-hydroxylation sites is 3. The average Bonchev–Trinajstić information content (AvgIpc) is 3.53. The number of aromatic nitrogens is 1. The predicted molar refractivity (Wildman–Crippen MR) is 143 cm³/mol. The van der Waals surface area contributed by atoms with Gasteiger partial charge in [-0.05, 0) is 36.4 Å². The molecule has 8 aromatic rings. The van der Waals surface area contributed by atoms with Crippen LogP contribution in [0.25, 0.3) is 71.4 Å². The van der Waals surface area contributed by atoms with Gasteiger partial charge in [0.15, 0.2) is 11.2 Å². The highest BCUT2D eigenvalue weighted by atomic mass is 79.9. The summed E-state index contributed by atoms with van der Waals surface area (Å²) in [6, 6.07) is 33.6. The highest BCUT2D eigenvalue weighted by molar-refractivity contribution is 9.10.